The van der Waals surface area contributed by atoms with Gasteiger partial charge >= 0.3 is 0 Å². The smallest absolute Gasteiger partial charge is 0.270 e. The van der Waals surface area contributed by atoms with E-state index in [-0.39, 0.29) is 29.2 Å². The number of hydrogen-bond donors (Lipinski definition) is 3. The first kappa shape index (κ1) is 16.9. The van der Waals surface area contributed by atoms with E-state index in [9.17, 15) is 24.8 Å². The third-order valence-electron chi connectivity index (χ3n) is 3.16. The van der Waals surface area contributed by atoms with E-state index in [0.29, 0.717) is 0 Å². The first-order chi connectivity index (χ1) is 11.4. The second-order valence-electron chi connectivity index (χ2n) is 5.06. The van der Waals surface area contributed by atoms with Gasteiger partial charge in [0.25, 0.3) is 11.6 Å². The van der Waals surface area contributed by atoms with Gasteiger partial charge in [0.15, 0.2) is 0 Å². The van der Waals surface area contributed by atoms with Gasteiger partial charge < -0.3 is 15.7 Å². The van der Waals surface area contributed by atoms with Crippen molar-refractivity contribution >= 4 is 23.2 Å². The Balaban J connectivity index is 1.95. The highest BCUT2D eigenvalue weighted by atomic mass is 16.6. The Bertz CT molecular complexity index is 804. The lowest BCUT2D eigenvalue weighted by Gasteiger charge is -2.09. The molecule has 8 heteroatoms. The molecule has 2 aromatic carbocycles. The van der Waals surface area contributed by atoms with Gasteiger partial charge in [-0.1, -0.05) is 12.1 Å². The van der Waals surface area contributed by atoms with Crippen LogP contribution in [0.3, 0.4) is 0 Å². The van der Waals surface area contributed by atoms with Crippen LogP contribution in [0.15, 0.2) is 42.5 Å². The SMILES string of the molecule is Cc1ccc(NC(=O)CNC(=O)c2cccc([N+](=O)[O-])c2)c(O)c1. The highest BCUT2D eigenvalue weighted by Crippen LogP contribution is 2.23. The number of aryl methyl sites for hydroxylation is 1. The summed E-state index contributed by atoms with van der Waals surface area (Å²) in [6.45, 7) is 1.46. The monoisotopic (exact) mass is 329 g/mol. The highest BCUT2D eigenvalue weighted by molar-refractivity contribution is 6.00. The number of rotatable bonds is 5. The number of nitro groups is 1. The number of anilines is 1. The topological polar surface area (TPSA) is 122 Å². The lowest BCUT2D eigenvalue weighted by Crippen LogP contribution is -2.32. The molecule has 2 amide bonds. The molecule has 0 spiro atoms. The predicted octanol–water partition coefficient (Wildman–Crippen LogP) is 1.98. The summed E-state index contributed by atoms with van der Waals surface area (Å²) >= 11 is 0. The molecule has 0 radical (unpaired) electrons. The summed E-state index contributed by atoms with van der Waals surface area (Å²) in [5, 5.41) is 25.2. The number of nitrogens with one attached hydrogen (secondary N) is 2. The summed E-state index contributed by atoms with van der Waals surface area (Å²) in [7, 11) is 0. The van der Waals surface area contributed by atoms with Crippen LogP contribution in [0.25, 0.3) is 0 Å². The fraction of sp³-hybridized carbons (Fsp3) is 0.125. The first-order valence-electron chi connectivity index (χ1n) is 6.99. The molecule has 0 aromatic heterocycles. The summed E-state index contributed by atoms with van der Waals surface area (Å²) in [6, 6.07) is 9.95. The molecule has 2 rings (SSSR count). The van der Waals surface area contributed by atoms with Crippen molar-refractivity contribution in [3.8, 4) is 5.75 Å². The van der Waals surface area contributed by atoms with Gasteiger partial charge in [-0.2, -0.15) is 0 Å². The Morgan fingerprint density at radius 2 is 1.96 bits per heavy atom. The predicted molar refractivity (Wildman–Crippen MR) is 86.9 cm³/mol. The largest absolute Gasteiger partial charge is 0.506 e. The van der Waals surface area contributed by atoms with Gasteiger partial charge in [-0.3, -0.25) is 19.7 Å². The number of nitro benzene ring substituents is 1. The summed E-state index contributed by atoms with van der Waals surface area (Å²) in [4.78, 5) is 33.8. The van der Waals surface area contributed by atoms with E-state index in [4.69, 9.17) is 0 Å². The molecular formula is C16H15N3O5. The Kier molecular flexibility index (Phi) is 5.10. The number of nitrogens with zero attached hydrogens (tertiary/aromatic N) is 1. The van der Waals surface area contributed by atoms with Crippen molar-refractivity contribution in [3.05, 3.63) is 63.7 Å². The standard InChI is InChI=1S/C16H15N3O5/c1-10-5-6-13(14(20)7-10)18-15(21)9-17-16(22)11-3-2-4-12(8-11)19(23)24/h2-8,20H,9H2,1H3,(H,17,22)(H,18,21). The Labute approximate surface area is 137 Å². The quantitative estimate of drug-likeness (QED) is 0.440. The average Bonchev–Trinajstić information content (AvgIpc) is 2.55. The van der Waals surface area contributed by atoms with Crippen molar-refractivity contribution in [1.29, 1.82) is 0 Å². The van der Waals surface area contributed by atoms with E-state index in [1.54, 1.807) is 19.1 Å². The fourth-order valence-corrected chi connectivity index (χ4v) is 1.97. The van der Waals surface area contributed by atoms with E-state index < -0.39 is 16.7 Å². The van der Waals surface area contributed by atoms with Gasteiger partial charge in [0, 0.05) is 17.7 Å². The van der Waals surface area contributed by atoms with Crippen LogP contribution in [0.1, 0.15) is 15.9 Å². The lowest BCUT2D eigenvalue weighted by molar-refractivity contribution is -0.384. The second kappa shape index (κ2) is 7.23. The van der Waals surface area contributed by atoms with E-state index in [0.717, 1.165) is 11.6 Å². The number of benzene rings is 2. The van der Waals surface area contributed by atoms with Crippen LogP contribution in [-0.4, -0.2) is 28.4 Å². The van der Waals surface area contributed by atoms with E-state index in [2.05, 4.69) is 10.6 Å². The third kappa shape index (κ3) is 4.29. The zero-order valence-electron chi connectivity index (χ0n) is 12.8. The van der Waals surface area contributed by atoms with Crippen molar-refractivity contribution in [2.75, 3.05) is 11.9 Å². The van der Waals surface area contributed by atoms with Crippen molar-refractivity contribution in [2.45, 2.75) is 6.92 Å². The van der Waals surface area contributed by atoms with Crippen LogP contribution in [0.2, 0.25) is 0 Å². The van der Waals surface area contributed by atoms with Crippen LogP contribution in [0.4, 0.5) is 11.4 Å². The molecule has 0 saturated carbocycles. The van der Waals surface area contributed by atoms with Gasteiger partial charge in [-0.05, 0) is 30.7 Å². The molecule has 8 nitrogen and oxygen atoms in total. The molecule has 2 aromatic rings. The molecule has 0 saturated heterocycles. The molecule has 0 unspecified atom stereocenters. The zero-order chi connectivity index (χ0) is 17.7. The maximum absolute atomic E-state index is 11.9. The molecule has 0 aliphatic carbocycles. The number of carbonyl (C=O) groups excluding carboxylic acids is 2. The Hall–Kier alpha value is -3.42. The second-order valence-corrected chi connectivity index (χ2v) is 5.06. The van der Waals surface area contributed by atoms with E-state index in [1.807, 2.05) is 0 Å². The van der Waals surface area contributed by atoms with Crippen molar-refractivity contribution in [3.63, 3.8) is 0 Å². The van der Waals surface area contributed by atoms with Gasteiger partial charge in [-0.15, -0.1) is 0 Å². The molecule has 0 aliphatic heterocycles. The van der Waals surface area contributed by atoms with E-state index >= 15 is 0 Å². The number of hydrogen-bond acceptors (Lipinski definition) is 5. The molecule has 124 valence electrons. The number of carbonyl (C=O) groups is 2. The summed E-state index contributed by atoms with van der Waals surface area (Å²) in [5.41, 5.74) is 0.937. The molecule has 24 heavy (non-hydrogen) atoms. The number of non-ortho nitro benzene ring substituents is 1. The zero-order valence-corrected chi connectivity index (χ0v) is 12.8. The Morgan fingerprint density at radius 3 is 2.62 bits per heavy atom. The molecular weight excluding hydrogens is 314 g/mol. The number of aromatic hydroxyl groups is 1. The molecule has 0 heterocycles. The normalized spacial score (nSPS) is 10.0. The number of phenolic OH excluding ortho intramolecular Hbond substituents is 1. The van der Waals surface area contributed by atoms with Crippen molar-refractivity contribution < 1.29 is 19.6 Å². The van der Waals surface area contributed by atoms with Crippen LogP contribution in [0.5, 0.6) is 5.75 Å². The van der Waals surface area contributed by atoms with Crippen LogP contribution >= 0.6 is 0 Å². The van der Waals surface area contributed by atoms with E-state index in [1.165, 1.54) is 24.3 Å². The minimum atomic E-state index is -0.609. The van der Waals surface area contributed by atoms with Gasteiger partial charge in [0.2, 0.25) is 5.91 Å². The van der Waals surface area contributed by atoms with Crippen molar-refractivity contribution in [1.82, 2.24) is 5.32 Å². The van der Waals surface area contributed by atoms with Crippen LogP contribution in [-0.2, 0) is 4.79 Å². The maximum Gasteiger partial charge on any atom is 0.270 e. The average molecular weight is 329 g/mol. The van der Waals surface area contributed by atoms with Gasteiger partial charge in [0.1, 0.15) is 5.75 Å². The van der Waals surface area contributed by atoms with Gasteiger partial charge in [-0.25, -0.2) is 0 Å². The number of amides is 2. The Morgan fingerprint density at radius 1 is 1.21 bits per heavy atom. The van der Waals surface area contributed by atoms with Gasteiger partial charge in [0.05, 0.1) is 17.2 Å². The minimum absolute atomic E-state index is 0.0756. The first-order valence-corrected chi connectivity index (χ1v) is 6.99. The summed E-state index contributed by atoms with van der Waals surface area (Å²) in [5.74, 6) is -1.22. The highest BCUT2D eigenvalue weighted by Gasteiger charge is 2.13. The summed E-state index contributed by atoms with van der Waals surface area (Å²) in [6.07, 6.45) is 0. The minimum Gasteiger partial charge on any atom is -0.506 e. The van der Waals surface area contributed by atoms with Crippen LogP contribution < -0.4 is 10.6 Å². The molecule has 0 aliphatic rings. The molecule has 3 N–H and O–H groups in total. The third-order valence-corrected chi connectivity index (χ3v) is 3.16. The molecule has 0 atom stereocenters. The molecule has 0 fully saturated rings. The lowest BCUT2D eigenvalue weighted by atomic mass is 10.2. The molecule has 0 bridgehead atoms. The summed E-state index contributed by atoms with van der Waals surface area (Å²) < 4.78 is 0. The fourth-order valence-electron chi connectivity index (χ4n) is 1.97. The van der Waals surface area contributed by atoms with Crippen LogP contribution in [0, 0.1) is 17.0 Å². The van der Waals surface area contributed by atoms with Crippen molar-refractivity contribution in [2.24, 2.45) is 0 Å². The number of phenols is 1. The maximum atomic E-state index is 11.9.